The van der Waals surface area contributed by atoms with E-state index in [1.807, 2.05) is 6.92 Å². The van der Waals surface area contributed by atoms with Gasteiger partial charge in [0, 0.05) is 12.5 Å². The van der Waals surface area contributed by atoms with Crippen molar-refractivity contribution in [1.29, 1.82) is 0 Å². The number of carbonyl (C=O) groups excluding carboxylic acids is 1. The van der Waals surface area contributed by atoms with Gasteiger partial charge in [0.15, 0.2) is 0 Å². The number of amidine groups is 1. The van der Waals surface area contributed by atoms with Crippen molar-refractivity contribution in [3.8, 4) is 0 Å². The second-order valence-electron chi connectivity index (χ2n) is 2.97. The van der Waals surface area contributed by atoms with Crippen LogP contribution >= 0.6 is 0 Å². The quantitative estimate of drug-likeness (QED) is 0.455. The lowest BCUT2D eigenvalue weighted by Gasteiger charge is -1.99. The molecule has 0 unspecified atom stereocenters. The molecule has 4 heteroatoms. The van der Waals surface area contributed by atoms with Gasteiger partial charge in [-0.3, -0.25) is 9.79 Å². The molecular weight excluding hydrogens is 154 g/mol. The smallest absolute Gasteiger partial charge is 0.241 e. The molecule has 1 saturated carbocycles. The van der Waals surface area contributed by atoms with Crippen molar-refractivity contribution in [2.24, 2.45) is 16.6 Å². The van der Waals surface area contributed by atoms with Crippen molar-refractivity contribution in [3.63, 3.8) is 0 Å². The lowest BCUT2D eigenvalue weighted by atomic mass is 10.4. The van der Waals surface area contributed by atoms with Crippen LogP contribution in [-0.4, -0.2) is 24.8 Å². The molecule has 68 valence electrons. The van der Waals surface area contributed by atoms with Crippen molar-refractivity contribution in [2.45, 2.75) is 19.8 Å². The summed E-state index contributed by atoms with van der Waals surface area (Å²) in [6, 6.07) is 0. The first-order chi connectivity index (χ1) is 5.74. The summed E-state index contributed by atoms with van der Waals surface area (Å²) in [6.45, 7) is 2.71. The summed E-state index contributed by atoms with van der Waals surface area (Å²) in [5.74, 6) is 1.04. The number of carbonyl (C=O) groups is 1. The van der Waals surface area contributed by atoms with E-state index in [1.54, 1.807) is 0 Å². The molecule has 12 heavy (non-hydrogen) atoms. The van der Waals surface area contributed by atoms with Crippen LogP contribution in [-0.2, 0) is 4.79 Å². The zero-order valence-electron chi connectivity index (χ0n) is 7.34. The normalized spacial score (nSPS) is 17.6. The van der Waals surface area contributed by atoms with Gasteiger partial charge in [0.25, 0.3) is 0 Å². The summed E-state index contributed by atoms with van der Waals surface area (Å²) in [5, 5.41) is 2.66. The maximum Gasteiger partial charge on any atom is 0.241 e. The zero-order valence-corrected chi connectivity index (χ0v) is 7.34. The fraction of sp³-hybridized carbons (Fsp3) is 0.750. The van der Waals surface area contributed by atoms with E-state index in [1.165, 1.54) is 0 Å². The lowest BCUT2D eigenvalue weighted by molar-refractivity contribution is -0.119. The van der Waals surface area contributed by atoms with E-state index in [4.69, 9.17) is 5.73 Å². The van der Waals surface area contributed by atoms with Gasteiger partial charge in [0.1, 0.15) is 6.54 Å². The molecule has 0 saturated heterocycles. The third-order valence-corrected chi connectivity index (χ3v) is 1.77. The minimum absolute atomic E-state index is 0.0545. The van der Waals surface area contributed by atoms with Gasteiger partial charge >= 0.3 is 0 Å². The van der Waals surface area contributed by atoms with Gasteiger partial charge in [-0.1, -0.05) is 0 Å². The van der Waals surface area contributed by atoms with Crippen molar-refractivity contribution in [1.82, 2.24) is 5.32 Å². The van der Waals surface area contributed by atoms with Gasteiger partial charge in [0.2, 0.25) is 5.91 Å². The van der Waals surface area contributed by atoms with Crippen LogP contribution in [0.2, 0.25) is 0 Å². The average molecular weight is 169 g/mol. The second-order valence-corrected chi connectivity index (χ2v) is 2.97. The Morgan fingerprint density at radius 2 is 2.33 bits per heavy atom. The minimum Gasteiger partial charge on any atom is -0.387 e. The summed E-state index contributed by atoms with van der Waals surface area (Å²) in [7, 11) is 0. The van der Waals surface area contributed by atoms with E-state index < -0.39 is 0 Å². The SMILES string of the molecule is CCNC(=O)CN=C(N)C1CC1. The fourth-order valence-electron chi connectivity index (χ4n) is 0.924. The van der Waals surface area contributed by atoms with Crippen molar-refractivity contribution >= 4 is 11.7 Å². The summed E-state index contributed by atoms with van der Waals surface area (Å²) in [5.41, 5.74) is 5.59. The van der Waals surface area contributed by atoms with Crippen molar-refractivity contribution in [3.05, 3.63) is 0 Å². The molecule has 1 fully saturated rings. The first-order valence-corrected chi connectivity index (χ1v) is 4.30. The van der Waals surface area contributed by atoms with Gasteiger partial charge in [-0.2, -0.15) is 0 Å². The van der Waals surface area contributed by atoms with E-state index in [9.17, 15) is 4.79 Å². The first-order valence-electron chi connectivity index (χ1n) is 4.30. The Morgan fingerprint density at radius 3 is 2.83 bits per heavy atom. The Hall–Kier alpha value is -1.06. The molecule has 0 spiro atoms. The maximum absolute atomic E-state index is 10.9. The van der Waals surface area contributed by atoms with Crippen molar-refractivity contribution in [2.75, 3.05) is 13.1 Å². The molecule has 0 radical (unpaired) electrons. The van der Waals surface area contributed by atoms with Crippen LogP contribution < -0.4 is 11.1 Å². The van der Waals surface area contributed by atoms with E-state index in [-0.39, 0.29) is 12.5 Å². The molecule has 1 amide bonds. The molecule has 0 aliphatic heterocycles. The molecule has 0 atom stereocenters. The number of rotatable bonds is 4. The number of hydrogen-bond acceptors (Lipinski definition) is 2. The van der Waals surface area contributed by atoms with Crippen LogP contribution in [0.25, 0.3) is 0 Å². The predicted octanol–water partition coefficient (Wildman–Crippen LogP) is -0.110. The molecule has 3 N–H and O–H groups in total. The molecule has 1 aliphatic carbocycles. The van der Waals surface area contributed by atoms with E-state index in [2.05, 4.69) is 10.3 Å². The van der Waals surface area contributed by atoms with Crippen LogP contribution in [0, 0.1) is 5.92 Å². The van der Waals surface area contributed by atoms with E-state index >= 15 is 0 Å². The van der Waals surface area contributed by atoms with Crippen LogP contribution in [0.15, 0.2) is 4.99 Å². The highest BCUT2D eigenvalue weighted by Gasteiger charge is 2.25. The summed E-state index contributed by atoms with van der Waals surface area (Å²) in [4.78, 5) is 14.9. The number of nitrogens with one attached hydrogen (secondary N) is 1. The lowest BCUT2D eigenvalue weighted by Crippen LogP contribution is -2.26. The maximum atomic E-state index is 10.9. The molecule has 0 heterocycles. The highest BCUT2D eigenvalue weighted by Crippen LogP contribution is 2.28. The van der Waals surface area contributed by atoms with Gasteiger partial charge in [0.05, 0.1) is 5.84 Å². The number of likely N-dealkylation sites (N-methyl/N-ethyl adjacent to an activating group) is 1. The second kappa shape index (κ2) is 4.09. The largest absolute Gasteiger partial charge is 0.387 e. The molecule has 0 aromatic heterocycles. The zero-order chi connectivity index (χ0) is 8.97. The molecule has 0 aromatic rings. The van der Waals surface area contributed by atoms with Crippen LogP contribution in [0.1, 0.15) is 19.8 Å². The van der Waals surface area contributed by atoms with Crippen LogP contribution in [0.4, 0.5) is 0 Å². The third kappa shape index (κ3) is 2.90. The molecule has 0 bridgehead atoms. The number of nitrogens with zero attached hydrogens (tertiary/aromatic N) is 1. The van der Waals surface area contributed by atoms with E-state index in [0.717, 1.165) is 12.8 Å². The van der Waals surface area contributed by atoms with Gasteiger partial charge in [-0.05, 0) is 19.8 Å². The Kier molecular flexibility index (Phi) is 3.08. The third-order valence-electron chi connectivity index (χ3n) is 1.77. The Bertz CT molecular complexity index is 196. The summed E-state index contributed by atoms with van der Waals surface area (Å²) < 4.78 is 0. The van der Waals surface area contributed by atoms with Crippen LogP contribution in [0.5, 0.6) is 0 Å². The molecular formula is C8H15N3O. The van der Waals surface area contributed by atoms with Gasteiger partial charge in [-0.25, -0.2) is 0 Å². The van der Waals surface area contributed by atoms with Gasteiger partial charge in [-0.15, -0.1) is 0 Å². The molecule has 0 aromatic carbocycles. The van der Waals surface area contributed by atoms with E-state index in [0.29, 0.717) is 18.3 Å². The number of aliphatic imine (C=N–C) groups is 1. The monoisotopic (exact) mass is 169 g/mol. The Labute approximate surface area is 72.2 Å². The standard InChI is InChI=1S/C8H15N3O/c1-2-10-7(12)5-11-8(9)6-3-4-6/h6H,2-5H2,1H3,(H2,9,11)(H,10,12). The Balaban J connectivity index is 2.21. The molecule has 1 rings (SSSR count). The van der Waals surface area contributed by atoms with Crippen LogP contribution in [0.3, 0.4) is 0 Å². The van der Waals surface area contributed by atoms with Crippen molar-refractivity contribution < 1.29 is 4.79 Å². The molecule has 1 aliphatic rings. The highest BCUT2D eigenvalue weighted by atomic mass is 16.1. The predicted molar refractivity (Wildman–Crippen MR) is 47.9 cm³/mol. The fourth-order valence-corrected chi connectivity index (χ4v) is 0.924. The summed E-state index contributed by atoms with van der Waals surface area (Å²) in [6.07, 6.45) is 2.26. The first kappa shape index (κ1) is 9.03. The minimum atomic E-state index is -0.0545. The highest BCUT2D eigenvalue weighted by molar-refractivity contribution is 5.88. The summed E-state index contributed by atoms with van der Waals surface area (Å²) >= 11 is 0. The number of amides is 1. The van der Waals surface area contributed by atoms with Gasteiger partial charge < -0.3 is 11.1 Å². The topological polar surface area (TPSA) is 67.5 Å². The number of hydrogen-bond donors (Lipinski definition) is 2. The number of nitrogens with two attached hydrogens (primary N) is 1. The average Bonchev–Trinajstić information content (AvgIpc) is 2.83. The molecule has 4 nitrogen and oxygen atoms in total. The Morgan fingerprint density at radius 1 is 1.67 bits per heavy atom.